The maximum Gasteiger partial charge on any atom is 0.490 e. The lowest BCUT2D eigenvalue weighted by atomic mass is 10.0. The van der Waals surface area contributed by atoms with E-state index in [0.717, 1.165) is 43.6 Å². The van der Waals surface area contributed by atoms with Gasteiger partial charge in [0.2, 0.25) is 0 Å². The number of halogens is 3. The Hall–Kier alpha value is -4.94. The van der Waals surface area contributed by atoms with Gasteiger partial charge in [-0.05, 0) is 77.5 Å². The van der Waals surface area contributed by atoms with Crippen LogP contribution in [0.3, 0.4) is 0 Å². The SMILES string of the molecule is N#Cc1ccc(CN(CCCc2ccccc2)Cc2cccc(-c3cccc(C(=O)O)c3)c2)cc1.O=C(O)C(F)(F)F. The second kappa shape index (κ2) is 15.2. The number of aryl methyl sites for hydroxylation is 1. The van der Waals surface area contributed by atoms with Crippen LogP contribution in [-0.2, 0) is 24.3 Å². The van der Waals surface area contributed by atoms with Crippen LogP contribution in [0.2, 0.25) is 0 Å². The highest BCUT2D eigenvalue weighted by Crippen LogP contribution is 2.23. The van der Waals surface area contributed by atoms with Crippen molar-refractivity contribution in [2.45, 2.75) is 32.1 Å². The largest absolute Gasteiger partial charge is 0.490 e. The minimum absolute atomic E-state index is 0.288. The zero-order valence-electron chi connectivity index (χ0n) is 22.6. The second-order valence-corrected chi connectivity index (χ2v) is 9.50. The average molecular weight is 575 g/mol. The van der Waals surface area contributed by atoms with Crippen LogP contribution in [0.1, 0.15) is 39.0 Å². The highest BCUT2D eigenvalue weighted by molar-refractivity contribution is 5.89. The van der Waals surface area contributed by atoms with Crippen LogP contribution in [0, 0.1) is 11.3 Å². The molecule has 0 unspecified atom stereocenters. The van der Waals surface area contributed by atoms with Crippen LogP contribution in [0.25, 0.3) is 11.1 Å². The summed E-state index contributed by atoms with van der Waals surface area (Å²) in [4.78, 5) is 22.7. The summed E-state index contributed by atoms with van der Waals surface area (Å²) < 4.78 is 31.7. The van der Waals surface area contributed by atoms with Gasteiger partial charge in [-0.3, -0.25) is 4.90 Å². The van der Waals surface area contributed by atoms with Crippen LogP contribution < -0.4 is 0 Å². The minimum Gasteiger partial charge on any atom is -0.478 e. The Morgan fingerprint density at radius 1 is 0.738 bits per heavy atom. The number of carboxylic acid groups (broad SMARTS) is 2. The second-order valence-electron chi connectivity index (χ2n) is 9.50. The quantitative estimate of drug-likeness (QED) is 0.208. The van der Waals surface area contributed by atoms with Gasteiger partial charge in [0.05, 0.1) is 17.2 Å². The molecule has 4 aromatic carbocycles. The van der Waals surface area contributed by atoms with Crippen molar-refractivity contribution in [3.8, 4) is 17.2 Å². The molecular weight excluding hydrogens is 545 g/mol. The Labute approximate surface area is 241 Å². The summed E-state index contributed by atoms with van der Waals surface area (Å²) in [5.74, 6) is -3.68. The summed E-state index contributed by atoms with van der Waals surface area (Å²) >= 11 is 0. The van der Waals surface area contributed by atoms with Crippen molar-refractivity contribution in [2.24, 2.45) is 0 Å². The fourth-order valence-corrected chi connectivity index (χ4v) is 4.25. The van der Waals surface area contributed by atoms with Gasteiger partial charge in [-0.15, -0.1) is 0 Å². The van der Waals surface area contributed by atoms with Crippen LogP contribution in [-0.4, -0.2) is 39.8 Å². The van der Waals surface area contributed by atoms with E-state index in [9.17, 15) is 23.1 Å². The molecule has 0 aliphatic rings. The first kappa shape index (κ1) is 31.6. The molecule has 0 spiro atoms. The fourth-order valence-electron chi connectivity index (χ4n) is 4.25. The van der Waals surface area contributed by atoms with Gasteiger partial charge in [0.1, 0.15) is 0 Å². The summed E-state index contributed by atoms with van der Waals surface area (Å²) in [5, 5.41) is 25.6. The fraction of sp³-hybridized carbons (Fsp3) is 0.182. The first-order valence-electron chi connectivity index (χ1n) is 13.0. The summed E-state index contributed by atoms with van der Waals surface area (Å²) in [7, 11) is 0. The van der Waals surface area contributed by atoms with Crippen LogP contribution in [0.4, 0.5) is 13.2 Å². The van der Waals surface area contributed by atoms with E-state index in [1.54, 1.807) is 18.2 Å². The lowest BCUT2D eigenvalue weighted by molar-refractivity contribution is -0.192. The van der Waals surface area contributed by atoms with Gasteiger partial charge in [0, 0.05) is 13.1 Å². The molecule has 0 aromatic heterocycles. The monoisotopic (exact) mass is 574 g/mol. The maximum atomic E-state index is 11.4. The number of carbonyl (C=O) groups is 2. The van der Waals surface area contributed by atoms with Crippen molar-refractivity contribution in [1.29, 1.82) is 5.26 Å². The van der Waals surface area contributed by atoms with Gasteiger partial charge in [-0.2, -0.15) is 18.4 Å². The number of nitrogens with zero attached hydrogens (tertiary/aromatic N) is 2. The van der Waals surface area contributed by atoms with Crippen molar-refractivity contribution in [3.63, 3.8) is 0 Å². The average Bonchev–Trinajstić information content (AvgIpc) is 2.98. The third-order valence-electron chi connectivity index (χ3n) is 6.29. The van der Waals surface area contributed by atoms with Gasteiger partial charge in [-0.25, -0.2) is 9.59 Å². The topological polar surface area (TPSA) is 102 Å². The molecule has 0 aliphatic heterocycles. The summed E-state index contributed by atoms with van der Waals surface area (Å²) in [6, 6.07) is 35.9. The summed E-state index contributed by atoms with van der Waals surface area (Å²) in [6.07, 6.45) is -3.02. The minimum atomic E-state index is -5.08. The Morgan fingerprint density at radius 2 is 1.31 bits per heavy atom. The molecule has 0 heterocycles. The highest BCUT2D eigenvalue weighted by atomic mass is 19.4. The van der Waals surface area contributed by atoms with Gasteiger partial charge in [0.15, 0.2) is 0 Å². The number of alkyl halides is 3. The molecule has 0 radical (unpaired) electrons. The molecule has 0 aliphatic carbocycles. The van der Waals surface area contributed by atoms with Crippen molar-refractivity contribution in [1.82, 2.24) is 4.90 Å². The van der Waals surface area contributed by atoms with E-state index in [4.69, 9.17) is 15.2 Å². The van der Waals surface area contributed by atoms with Crippen LogP contribution in [0.15, 0.2) is 103 Å². The molecule has 6 nitrogen and oxygen atoms in total. The van der Waals surface area contributed by atoms with Gasteiger partial charge in [-0.1, -0.05) is 72.8 Å². The summed E-state index contributed by atoms with van der Waals surface area (Å²) in [6.45, 7) is 2.51. The van der Waals surface area contributed by atoms with E-state index in [2.05, 4.69) is 47.4 Å². The maximum absolute atomic E-state index is 11.4. The van der Waals surface area contributed by atoms with Gasteiger partial charge >= 0.3 is 18.1 Å². The van der Waals surface area contributed by atoms with E-state index in [1.165, 1.54) is 16.7 Å². The molecular formula is C33H29F3N2O4. The van der Waals surface area contributed by atoms with E-state index in [0.29, 0.717) is 5.56 Å². The number of aliphatic carboxylic acids is 1. The molecule has 9 heteroatoms. The Balaban J connectivity index is 0.000000616. The number of hydrogen-bond acceptors (Lipinski definition) is 4. The molecule has 0 fully saturated rings. The number of nitriles is 1. The standard InChI is InChI=1S/C31H28N2O2.C2HF3O2/c32-21-25-14-16-26(17-15-25)22-33(18-6-10-24-7-2-1-3-8-24)23-27-9-4-11-28(19-27)29-12-5-13-30(20-29)31(34)35;3-2(4,5)1(6)7/h1-5,7-9,11-17,19-20H,6,10,18,22-23H2,(H,34,35);(H,6,7). The van der Waals surface area contributed by atoms with Crippen LogP contribution >= 0.6 is 0 Å². The van der Waals surface area contributed by atoms with E-state index in [1.807, 2.05) is 48.5 Å². The molecule has 4 rings (SSSR count). The molecule has 2 N–H and O–H groups in total. The zero-order chi connectivity index (χ0) is 30.5. The number of aromatic carboxylic acids is 1. The molecule has 4 aromatic rings. The Kier molecular flexibility index (Phi) is 11.4. The van der Waals surface area contributed by atoms with Crippen molar-refractivity contribution in [2.75, 3.05) is 6.54 Å². The zero-order valence-corrected chi connectivity index (χ0v) is 22.6. The highest BCUT2D eigenvalue weighted by Gasteiger charge is 2.38. The van der Waals surface area contributed by atoms with E-state index in [-0.39, 0.29) is 5.56 Å². The molecule has 0 saturated carbocycles. The number of benzene rings is 4. The smallest absolute Gasteiger partial charge is 0.478 e. The number of hydrogen-bond donors (Lipinski definition) is 2. The van der Waals surface area contributed by atoms with Crippen molar-refractivity contribution in [3.05, 3.63) is 131 Å². The Bertz CT molecular complexity index is 1520. The first-order valence-corrected chi connectivity index (χ1v) is 13.0. The third kappa shape index (κ3) is 10.2. The van der Waals surface area contributed by atoms with Crippen molar-refractivity contribution >= 4 is 11.9 Å². The molecule has 0 bridgehead atoms. The lowest BCUT2D eigenvalue weighted by Crippen LogP contribution is -2.24. The van der Waals surface area contributed by atoms with Gasteiger partial charge in [0.25, 0.3) is 0 Å². The third-order valence-corrected chi connectivity index (χ3v) is 6.29. The van der Waals surface area contributed by atoms with E-state index < -0.39 is 18.1 Å². The molecule has 0 amide bonds. The van der Waals surface area contributed by atoms with E-state index >= 15 is 0 Å². The van der Waals surface area contributed by atoms with Crippen molar-refractivity contribution < 1.29 is 33.0 Å². The predicted molar refractivity (Wildman–Crippen MR) is 153 cm³/mol. The first-order chi connectivity index (χ1) is 20.0. The molecule has 42 heavy (non-hydrogen) atoms. The molecule has 0 saturated heterocycles. The molecule has 216 valence electrons. The number of carboxylic acids is 2. The Morgan fingerprint density at radius 3 is 1.90 bits per heavy atom. The van der Waals surface area contributed by atoms with Gasteiger partial charge < -0.3 is 10.2 Å². The predicted octanol–water partition coefficient (Wildman–Crippen LogP) is 7.19. The number of rotatable bonds is 10. The normalized spacial score (nSPS) is 10.8. The summed E-state index contributed by atoms with van der Waals surface area (Å²) in [5.41, 5.74) is 6.55. The lowest BCUT2D eigenvalue weighted by Gasteiger charge is -2.23. The van der Waals surface area contributed by atoms with Crippen LogP contribution in [0.5, 0.6) is 0 Å². The molecule has 0 atom stereocenters.